The number of methoxy groups -OCH3 is 1. The fraction of sp³-hybridized carbons (Fsp3) is 0.450. The van der Waals surface area contributed by atoms with Crippen LogP contribution in [0.2, 0.25) is 0 Å². The zero-order valence-electron chi connectivity index (χ0n) is 16.2. The molecular formula is C20H27N5O3. The molecule has 1 aromatic carbocycles. The van der Waals surface area contributed by atoms with Crippen molar-refractivity contribution in [3.63, 3.8) is 0 Å². The molecule has 0 aliphatic carbocycles. The van der Waals surface area contributed by atoms with Crippen LogP contribution in [0.3, 0.4) is 0 Å². The molecule has 2 N–H and O–H groups in total. The van der Waals surface area contributed by atoms with E-state index in [-0.39, 0.29) is 5.91 Å². The summed E-state index contributed by atoms with van der Waals surface area (Å²) >= 11 is 0. The maximum atomic E-state index is 13.0. The van der Waals surface area contributed by atoms with Gasteiger partial charge in [0.25, 0.3) is 5.91 Å². The van der Waals surface area contributed by atoms with Gasteiger partial charge in [0, 0.05) is 44.1 Å². The highest BCUT2D eigenvalue weighted by Crippen LogP contribution is 2.29. The zero-order valence-corrected chi connectivity index (χ0v) is 16.2. The Bertz CT molecular complexity index is 772. The molecule has 1 fully saturated rings. The van der Waals surface area contributed by atoms with Crippen molar-refractivity contribution < 1.29 is 14.3 Å². The van der Waals surface area contributed by atoms with Crippen LogP contribution in [-0.2, 0) is 0 Å². The van der Waals surface area contributed by atoms with Crippen LogP contribution in [0.1, 0.15) is 23.2 Å². The van der Waals surface area contributed by atoms with Gasteiger partial charge < -0.3 is 25.0 Å². The topological polar surface area (TPSA) is 93.8 Å². The Morgan fingerprint density at radius 3 is 2.71 bits per heavy atom. The summed E-state index contributed by atoms with van der Waals surface area (Å²) in [5, 5.41) is 0. The molecule has 150 valence electrons. The van der Waals surface area contributed by atoms with E-state index < -0.39 is 0 Å². The van der Waals surface area contributed by atoms with Crippen LogP contribution in [0.25, 0.3) is 0 Å². The number of aromatic nitrogens is 2. The first-order valence-electron chi connectivity index (χ1n) is 9.55. The van der Waals surface area contributed by atoms with Gasteiger partial charge in [0.1, 0.15) is 0 Å². The van der Waals surface area contributed by atoms with Crippen molar-refractivity contribution in [2.75, 3.05) is 51.3 Å². The monoisotopic (exact) mass is 385 g/mol. The second-order valence-electron chi connectivity index (χ2n) is 6.54. The van der Waals surface area contributed by atoms with Crippen LogP contribution in [0.4, 0.5) is 5.95 Å². The number of anilines is 1. The number of amides is 1. The standard InChI is InChI=1S/C20H27N5O3/c1-27-17-6-5-16(15-18(17)28-14-2-7-21)19(26)24-10-4-11-25(13-12-24)20-22-8-3-9-23-20/h3,5-6,8-9,15H,2,4,7,10-14,21H2,1H3. The molecule has 1 aromatic heterocycles. The molecule has 0 radical (unpaired) electrons. The van der Waals surface area contributed by atoms with Gasteiger partial charge >= 0.3 is 0 Å². The van der Waals surface area contributed by atoms with Crippen molar-refractivity contribution in [3.8, 4) is 11.5 Å². The van der Waals surface area contributed by atoms with Gasteiger partial charge in [-0.1, -0.05) is 0 Å². The molecule has 2 heterocycles. The zero-order chi connectivity index (χ0) is 19.8. The molecule has 0 spiro atoms. The Kier molecular flexibility index (Phi) is 7.02. The highest BCUT2D eigenvalue weighted by atomic mass is 16.5. The summed E-state index contributed by atoms with van der Waals surface area (Å²) in [5.74, 6) is 1.87. The third kappa shape index (κ3) is 4.89. The van der Waals surface area contributed by atoms with Gasteiger partial charge in [-0.25, -0.2) is 9.97 Å². The lowest BCUT2D eigenvalue weighted by atomic mass is 10.1. The van der Waals surface area contributed by atoms with E-state index in [2.05, 4.69) is 14.9 Å². The van der Waals surface area contributed by atoms with Gasteiger partial charge in [-0.2, -0.15) is 0 Å². The van der Waals surface area contributed by atoms with E-state index in [4.69, 9.17) is 15.2 Å². The predicted octanol–water partition coefficient (Wildman–Crippen LogP) is 1.57. The number of carbonyl (C=O) groups excluding carboxylic acids is 1. The van der Waals surface area contributed by atoms with Crippen LogP contribution >= 0.6 is 0 Å². The molecule has 0 saturated carbocycles. The molecule has 0 bridgehead atoms. The fourth-order valence-electron chi connectivity index (χ4n) is 3.15. The van der Waals surface area contributed by atoms with Crippen molar-refractivity contribution in [1.29, 1.82) is 0 Å². The summed E-state index contributed by atoms with van der Waals surface area (Å²) in [6.45, 7) is 3.87. The molecule has 8 heteroatoms. The van der Waals surface area contributed by atoms with E-state index in [0.29, 0.717) is 55.8 Å². The highest BCUT2D eigenvalue weighted by molar-refractivity contribution is 5.95. The normalized spacial score (nSPS) is 14.5. The first-order valence-corrected chi connectivity index (χ1v) is 9.55. The summed E-state index contributed by atoms with van der Waals surface area (Å²) in [4.78, 5) is 25.6. The van der Waals surface area contributed by atoms with Crippen molar-refractivity contribution >= 4 is 11.9 Å². The van der Waals surface area contributed by atoms with Crippen molar-refractivity contribution in [1.82, 2.24) is 14.9 Å². The molecule has 1 aliphatic heterocycles. The van der Waals surface area contributed by atoms with E-state index in [1.54, 1.807) is 43.8 Å². The largest absolute Gasteiger partial charge is 0.493 e. The van der Waals surface area contributed by atoms with Gasteiger partial charge in [0.2, 0.25) is 5.95 Å². The maximum Gasteiger partial charge on any atom is 0.254 e. The van der Waals surface area contributed by atoms with Crippen molar-refractivity contribution in [3.05, 3.63) is 42.2 Å². The summed E-state index contributed by atoms with van der Waals surface area (Å²) in [7, 11) is 1.58. The number of hydrogen-bond donors (Lipinski definition) is 1. The summed E-state index contributed by atoms with van der Waals surface area (Å²) in [5.41, 5.74) is 6.11. The summed E-state index contributed by atoms with van der Waals surface area (Å²) in [6, 6.07) is 7.10. The predicted molar refractivity (Wildman–Crippen MR) is 107 cm³/mol. The molecule has 0 unspecified atom stereocenters. The minimum Gasteiger partial charge on any atom is -0.493 e. The number of nitrogens with two attached hydrogens (primary N) is 1. The van der Waals surface area contributed by atoms with Crippen LogP contribution in [0, 0.1) is 0 Å². The Balaban J connectivity index is 1.68. The number of benzene rings is 1. The third-order valence-electron chi connectivity index (χ3n) is 4.63. The highest BCUT2D eigenvalue weighted by Gasteiger charge is 2.22. The second-order valence-corrected chi connectivity index (χ2v) is 6.54. The SMILES string of the molecule is COc1ccc(C(=O)N2CCCN(c3ncccn3)CC2)cc1OCCCN. The lowest BCUT2D eigenvalue weighted by molar-refractivity contribution is 0.0766. The maximum absolute atomic E-state index is 13.0. The average molecular weight is 385 g/mol. The van der Waals surface area contributed by atoms with E-state index in [9.17, 15) is 4.79 Å². The van der Waals surface area contributed by atoms with E-state index in [1.165, 1.54) is 0 Å². The van der Waals surface area contributed by atoms with Gasteiger partial charge in [-0.3, -0.25) is 4.79 Å². The molecule has 2 aromatic rings. The van der Waals surface area contributed by atoms with Crippen LogP contribution in [0.15, 0.2) is 36.7 Å². The minimum absolute atomic E-state index is 0.0119. The van der Waals surface area contributed by atoms with Crippen LogP contribution in [0.5, 0.6) is 11.5 Å². The summed E-state index contributed by atoms with van der Waals surface area (Å²) in [6.07, 6.45) is 5.07. The van der Waals surface area contributed by atoms with Gasteiger partial charge in [0.15, 0.2) is 11.5 Å². The number of rotatable bonds is 7. The van der Waals surface area contributed by atoms with Crippen LogP contribution < -0.4 is 20.1 Å². The van der Waals surface area contributed by atoms with Crippen molar-refractivity contribution in [2.45, 2.75) is 12.8 Å². The Morgan fingerprint density at radius 2 is 1.96 bits per heavy atom. The van der Waals surface area contributed by atoms with Gasteiger partial charge in [-0.15, -0.1) is 0 Å². The first kappa shape index (κ1) is 19.9. The van der Waals surface area contributed by atoms with Gasteiger partial charge in [-0.05, 0) is 43.7 Å². The third-order valence-corrected chi connectivity index (χ3v) is 4.63. The molecule has 1 saturated heterocycles. The fourth-order valence-corrected chi connectivity index (χ4v) is 3.15. The lowest BCUT2D eigenvalue weighted by Gasteiger charge is -2.22. The van der Waals surface area contributed by atoms with E-state index in [1.807, 2.05) is 4.90 Å². The molecular weight excluding hydrogens is 358 g/mol. The second kappa shape index (κ2) is 9.89. The number of ether oxygens (including phenoxy) is 2. The molecule has 8 nitrogen and oxygen atoms in total. The van der Waals surface area contributed by atoms with E-state index >= 15 is 0 Å². The Labute approximate surface area is 165 Å². The molecule has 1 amide bonds. The lowest BCUT2D eigenvalue weighted by Crippen LogP contribution is -2.35. The van der Waals surface area contributed by atoms with Gasteiger partial charge in [0.05, 0.1) is 13.7 Å². The Hall–Kier alpha value is -2.87. The molecule has 1 aliphatic rings. The average Bonchev–Trinajstić information content (AvgIpc) is 3.00. The summed E-state index contributed by atoms with van der Waals surface area (Å²) < 4.78 is 11.1. The number of hydrogen-bond acceptors (Lipinski definition) is 7. The quantitative estimate of drug-likeness (QED) is 0.723. The van der Waals surface area contributed by atoms with Crippen molar-refractivity contribution in [2.24, 2.45) is 5.73 Å². The van der Waals surface area contributed by atoms with Crippen LogP contribution in [-0.4, -0.2) is 67.2 Å². The first-order chi connectivity index (χ1) is 13.7. The molecule has 28 heavy (non-hydrogen) atoms. The smallest absolute Gasteiger partial charge is 0.254 e. The molecule has 3 rings (SSSR count). The Morgan fingerprint density at radius 1 is 1.14 bits per heavy atom. The minimum atomic E-state index is -0.0119. The number of nitrogens with zero attached hydrogens (tertiary/aromatic N) is 4. The number of carbonyl (C=O) groups is 1. The molecule has 0 atom stereocenters. The van der Waals surface area contributed by atoms with E-state index in [0.717, 1.165) is 19.4 Å².